The van der Waals surface area contributed by atoms with E-state index in [0.29, 0.717) is 23.6 Å². The molecule has 4 aromatic rings. The van der Waals surface area contributed by atoms with Crippen LogP contribution in [0.2, 0.25) is 0 Å². The first-order chi connectivity index (χ1) is 17.2. The summed E-state index contributed by atoms with van der Waals surface area (Å²) in [5.41, 5.74) is 3.59. The minimum atomic E-state index is 0.124. The number of fused-ring (bicyclic) bond motifs is 1. The van der Waals surface area contributed by atoms with Gasteiger partial charge in [0.1, 0.15) is 35.2 Å². The highest BCUT2D eigenvalue weighted by molar-refractivity contribution is 5.85. The molecule has 0 bridgehead atoms. The summed E-state index contributed by atoms with van der Waals surface area (Å²) in [6.45, 7) is 4.16. The van der Waals surface area contributed by atoms with Crippen LogP contribution in [-0.2, 0) is 0 Å². The van der Waals surface area contributed by atoms with Crippen molar-refractivity contribution in [3.05, 3.63) is 66.4 Å². The molecule has 174 valence electrons. The molecule has 1 saturated heterocycles. The Labute approximate surface area is 203 Å². The first-order valence-electron chi connectivity index (χ1n) is 11.5. The fraction of sp³-hybridized carbons (Fsp3) is 0.259. The predicted octanol–water partition coefficient (Wildman–Crippen LogP) is 4.09. The van der Waals surface area contributed by atoms with Gasteiger partial charge in [0.05, 0.1) is 30.1 Å². The smallest absolute Gasteiger partial charge is 0.138 e. The molecule has 1 aliphatic heterocycles. The van der Waals surface area contributed by atoms with E-state index in [1.54, 1.807) is 29.2 Å². The predicted molar refractivity (Wildman–Crippen MR) is 132 cm³/mol. The highest BCUT2D eigenvalue weighted by Crippen LogP contribution is 2.32. The minimum absolute atomic E-state index is 0.124. The van der Waals surface area contributed by atoms with Crippen molar-refractivity contribution in [1.29, 1.82) is 5.26 Å². The number of pyridine rings is 3. The second-order valence-corrected chi connectivity index (χ2v) is 8.22. The number of hydrogen-bond acceptors (Lipinski definition) is 7. The summed E-state index contributed by atoms with van der Waals surface area (Å²) in [7, 11) is 0. The third-order valence-corrected chi connectivity index (χ3v) is 6.03. The maximum atomic E-state index is 9.54. The van der Waals surface area contributed by atoms with E-state index in [2.05, 4.69) is 27.0 Å². The number of piperidine rings is 1. The standard InChI is InChI=1S/C27H24N6O2/c1-3-21-13-23(7-10-29-21)35-22-8-11-32(12-9-22)26-6-5-19(16-30-26)25-14-24(34-4-2)18-33-27(25)20(15-28)17-31-33/h1,5-7,10,13-14,16-18,22H,4,8-9,11-12H2,2H3. The lowest BCUT2D eigenvalue weighted by Crippen LogP contribution is -2.38. The maximum Gasteiger partial charge on any atom is 0.138 e. The zero-order chi connectivity index (χ0) is 24.2. The Kier molecular flexibility index (Phi) is 6.19. The molecule has 4 aromatic heterocycles. The molecule has 0 aromatic carbocycles. The van der Waals surface area contributed by atoms with Crippen LogP contribution in [0.4, 0.5) is 5.82 Å². The molecule has 0 spiro atoms. The number of rotatable bonds is 6. The first kappa shape index (κ1) is 22.2. The molecule has 0 unspecified atom stereocenters. The van der Waals surface area contributed by atoms with Crippen LogP contribution in [0.1, 0.15) is 31.0 Å². The molecule has 1 aliphatic rings. The lowest BCUT2D eigenvalue weighted by molar-refractivity contribution is 0.170. The van der Waals surface area contributed by atoms with Gasteiger partial charge in [0.2, 0.25) is 0 Å². The Bertz CT molecular complexity index is 1420. The van der Waals surface area contributed by atoms with Crippen molar-refractivity contribution in [3.8, 4) is 41.0 Å². The number of aromatic nitrogens is 4. The fourth-order valence-corrected chi connectivity index (χ4v) is 4.34. The Morgan fingerprint density at radius 3 is 2.69 bits per heavy atom. The van der Waals surface area contributed by atoms with Gasteiger partial charge in [-0.15, -0.1) is 6.42 Å². The molecule has 5 rings (SSSR count). The second-order valence-electron chi connectivity index (χ2n) is 8.22. The Morgan fingerprint density at radius 1 is 1.11 bits per heavy atom. The van der Waals surface area contributed by atoms with Gasteiger partial charge in [0, 0.05) is 55.5 Å². The third-order valence-electron chi connectivity index (χ3n) is 6.03. The van der Waals surface area contributed by atoms with E-state index in [1.165, 1.54) is 0 Å². The third kappa shape index (κ3) is 4.60. The van der Waals surface area contributed by atoms with Crippen molar-refractivity contribution in [2.24, 2.45) is 0 Å². The van der Waals surface area contributed by atoms with Crippen LogP contribution in [0.3, 0.4) is 0 Å². The number of nitrogens with zero attached hydrogens (tertiary/aromatic N) is 6. The maximum absolute atomic E-state index is 9.54. The summed E-state index contributed by atoms with van der Waals surface area (Å²) in [4.78, 5) is 11.1. The topological polar surface area (TPSA) is 88.6 Å². The van der Waals surface area contributed by atoms with Crippen LogP contribution < -0.4 is 14.4 Å². The van der Waals surface area contributed by atoms with Crippen LogP contribution in [0.25, 0.3) is 16.6 Å². The van der Waals surface area contributed by atoms with E-state index in [-0.39, 0.29) is 6.10 Å². The molecule has 1 fully saturated rings. The lowest BCUT2D eigenvalue weighted by Gasteiger charge is -2.33. The van der Waals surface area contributed by atoms with Crippen molar-refractivity contribution in [1.82, 2.24) is 19.6 Å². The van der Waals surface area contributed by atoms with E-state index in [4.69, 9.17) is 20.9 Å². The summed E-state index contributed by atoms with van der Waals surface area (Å²) in [5, 5.41) is 13.9. The average Bonchev–Trinajstić information content (AvgIpc) is 3.32. The van der Waals surface area contributed by atoms with Crippen LogP contribution in [0, 0.1) is 23.7 Å². The largest absolute Gasteiger partial charge is 0.492 e. The van der Waals surface area contributed by atoms with Crippen LogP contribution in [-0.4, -0.2) is 45.4 Å². The number of nitriles is 1. The van der Waals surface area contributed by atoms with E-state index in [9.17, 15) is 5.26 Å². The normalized spacial score (nSPS) is 13.9. The van der Waals surface area contributed by atoms with Crippen LogP contribution >= 0.6 is 0 Å². The number of terminal acetylenes is 1. The molecule has 8 nitrogen and oxygen atoms in total. The lowest BCUT2D eigenvalue weighted by atomic mass is 10.0. The average molecular weight is 465 g/mol. The highest BCUT2D eigenvalue weighted by Gasteiger charge is 2.22. The molecule has 0 atom stereocenters. The van der Waals surface area contributed by atoms with Crippen molar-refractivity contribution >= 4 is 11.3 Å². The highest BCUT2D eigenvalue weighted by atomic mass is 16.5. The molecule has 0 saturated carbocycles. The second kappa shape index (κ2) is 9.74. The van der Waals surface area contributed by atoms with E-state index in [1.807, 2.05) is 37.4 Å². The number of anilines is 1. The summed E-state index contributed by atoms with van der Waals surface area (Å²) in [6, 6.07) is 11.8. The minimum Gasteiger partial charge on any atom is -0.492 e. The molecule has 5 heterocycles. The SMILES string of the molecule is C#Cc1cc(OC2CCN(c3ccc(-c4cc(OCC)cn5ncc(C#N)c45)cn3)CC2)ccn1. The summed E-state index contributed by atoms with van der Waals surface area (Å²) in [5.74, 6) is 4.90. The molecule has 0 amide bonds. The Hall–Kier alpha value is -4.56. The quantitative estimate of drug-likeness (QED) is 0.397. The van der Waals surface area contributed by atoms with E-state index >= 15 is 0 Å². The summed E-state index contributed by atoms with van der Waals surface area (Å²) in [6.07, 6.45) is 14.2. The first-order valence-corrected chi connectivity index (χ1v) is 11.5. The molecule has 0 aliphatic carbocycles. The van der Waals surface area contributed by atoms with Crippen molar-refractivity contribution < 1.29 is 9.47 Å². The fourth-order valence-electron chi connectivity index (χ4n) is 4.34. The monoisotopic (exact) mass is 464 g/mol. The van der Waals surface area contributed by atoms with Crippen molar-refractivity contribution in [2.75, 3.05) is 24.6 Å². The zero-order valence-electron chi connectivity index (χ0n) is 19.4. The Balaban J connectivity index is 1.31. The summed E-state index contributed by atoms with van der Waals surface area (Å²) >= 11 is 0. The van der Waals surface area contributed by atoms with Gasteiger partial charge in [-0.3, -0.25) is 0 Å². The van der Waals surface area contributed by atoms with Gasteiger partial charge in [-0.05, 0) is 31.2 Å². The van der Waals surface area contributed by atoms with Gasteiger partial charge >= 0.3 is 0 Å². The molecule has 0 N–H and O–H groups in total. The zero-order valence-corrected chi connectivity index (χ0v) is 19.4. The van der Waals surface area contributed by atoms with Crippen LogP contribution in [0.15, 0.2) is 55.1 Å². The van der Waals surface area contributed by atoms with Crippen molar-refractivity contribution in [3.63, 3.8) is 0 Å². The van der Waals surface area contributed by atoms with Crippen LogP contribution in [0.5, 0.6) is 11.5 Å². The van der Waals surface area contributed by atoms with Crippen molar-refractivity contribution in [2.45, 2.75) is 25.9 Å². The van der Waals surface area contributed by atoms with Gasteiger partial charge in [-0.1, -0.05) is 5.92 Å². The van der Waals surface area contributed by atoms with Gasteiger partial charge in [-0.2, -0.15) is 10.4 Å². The van der Waals surface area contributed by atoms with Gasteiger partial charge in [0.25, 0.3) is 0 Å². The number of hydrogen-bond donors (Lipinski definition) is 0. The molecule has 35 heavy (non-hydrogen) atoms. The van der Waals surface area contributed by atoms with Gasteiger partial charge in [-0.25, -0.2) is 14.5 Å². The van der Waals surface area contributed by atoms with Gasteiger partial charge in [0.15, 0.2) is 0 Å². The summed E-state index contributed by atoms with van der Waals surface area (Å²) < 4.78 is 13.5. The molecule has 0 radical (unpaired) electrons. The van der Waals surface area contributed by atoms with E-state index in [0.717, 1.165) is 54.1 Å². The molecular formula is C27H24N6O2. The molecular weight excluding hydrogens is 440 g/mol. The molecule has 8 heteroatoms. The Morgan fingerprint density at radius 2 is 1.97 bits per heavy atom. The number of ether oxygens (including phenoxy) is 2. The van der Waals surface area contributed by atoms with Gasteiger partial charge < -0.3 is 14.4 Å². The van der Waals surface area contributed by atoms with E-state index < -0.39 is 0 Å².